The second-order valence-electron chi connectivity index (χ2n) is 4.94. The van der Waals surface area contributed by atoms with Gasteiger partial charge >= 0.3 is 0 Å². The minimum absolute atomic E-state index is 0.0974. The van der Waals surface area contributed by atoms with Crippen molar-refractivity contribution in [3.05, 3.63) is 53.1 Å². The van der Waals surface area contributed by atoms with E-state index in [1.54, 1.807) is 6.07 Å². The lowest BCUT2D eigenvalue weighted by Crippen LogP contribution is -2.33. The number of halogens is 1. The number of rotatable bonds is 4. The molecule has 0 spiro atoms. The fourth-order valence-electron chi connectivity index (χ4n) is 2.41. The summed E-state index contributed by atoms with van der Waals surface area (Å²) >= 11 is 0. The Labute approximate surface area is 113 Å². The zero-order valence-electron chi connectivity index (χ0n) is 11.6. The van der Waals surface area contributed by atoms with E-state index in [0.717, 1.165) is 23.4 Å². The van der Waals surface area contributed by atoms with Gasteiger partial charge in [-0.15, -0.1) is 0 Å². The van der Waals surface area contributed by atoms with Crippen molar-refractivity contribution < 1.29 is 4.39 Å². The van der Waals surface area contributed by atoms with Crippen LogP contribution in [0.25, 0.3) is 0 Å². The van der Waals surface area contributed by atoms with Gasteiger partial charge in [0.25, 0.3) is 0 Å². The van der Waals surface area contributed by atoms with E-state index >= 15 is 0 Å². The average molecular weight is 261 g/mol. The molecule has 2 rings (SSSR count). The molecule has 0 bridgehead atoms. The molecule has 0 radical (unpaired) electrons. The summed E-state index contributed by atoms with van der Waals surface area (Å²) in [4.78, 5) is 0. The summed E-state index contributed by atoms with van der Waals surface area (Å²) in [6.07, 6.45) is 0.805. The molecule has 1 aromatic heterocycles. The van der Waals surface area contributed by atoms with Gasteiger partial charge in [-0.25, -0.2) is 4.39 Å². The first kappa shape index (κ1) is 13.7. The molecule has 0 saturated carbocycles. The molecule has 2 unspecified atom stereocenters. The fraction of sp³-hybridized carbons (Fsp3) is 0.400. The SMILES string of the molecule is CCC(N)C(c1cccc(F)c1)n1nc(C)cc1C. The maximum atomic E-state index is 13.4. The molecule has 2 atom stereocenters. The first-order valence-corrected chi connectivity index (χ1v) is 6.56. The summed E-state index contributed by atoms with van der Waals surface area (Å²) in [6.45, 7) is 5.97. The molecule has 2 aromatic rings. The van der Waals surface area contributed by atoms with Crippen LogP contribution < -0.4 is 5.73 Å². The van der Waals surface area contributed by atoms with Crippen molar-refractivity contribution in [2.75, 3.05) is 0 Å². The minimum atomic E-state index is -0.243. The smallest absolute Gasteiger partial charge is 0.123 e. The first-order valence-electron chi connectivity index (χ1n) is 6.56. The quantitative estimate of drug-likeness (QED) is 0.919. The Morgan fingerprint density at radius 1 is 1.32 bits per heavy atom. The zero-order chi connectivity index (χ0) is 14.0. The summed E-state index contributed by atoms with van der Waals surface area (Å²) < 4.78 is 15.3. The van der Waals surface area contributed by atoms with Crippen LogP contribution in [0.15, 0.2) is 30.3 Å². The Bertz CT molecular complexity index is 562. The maximum Gasteiger partial charge on any atom is 0.123 e. The second-order valence-corrected chi connectivity index (χ2v) is 4.94. The highest BCUT2D eigenvalue weighted by Crippen LogP contribution is 2.25. The molecule has 0 amide bonds. The van der Waals surface area contributed by atoms with Crippen molar-refractivity contribution in [2.24, 2.45) is 5.73 Å². The van der Waals surface area contributed by atoms with Gasteiger partial charge in [-0.3, -0.25) is 4.68 Å². The summed E-state index contributed by atoms with van der Waals surface area (Å²) in [5.41, 5.74) is 9.07. The fourth-order valence-corrected chi connectivity index (χ4v) is 2.41. The molecule has 19 heavy (non-hydrogen) atoms. The van der Waals surface area contributed by atoms with Gasteiger partial charge in [0, 0.05) is 11.7 Å². The summed E-state index contributed by atoms with van der Waals surface area (Å²) in [5, 5.41) is 4.50. The van der Waals surface area contributed by atoms with Crippen LogP contribution in [0.4, 0.5) is 4.39 Å². The maximum absolute atomic E-state index is 13.4. The van der Waals surface area contributed by atoms with E-state index in [1.165, 1.54) is 12.1 Å². The summed E-state index contributed by atoms with van der Waals surface area (Å²) in [6, 6.07) is 8.38. The van der Waals surface area contributed by atoms with Crippen LogP contribution in [0.5, 0.6) is 0 Å². The third-order valence-electron chi connectivity index (χ3n) is 3.38. The number of aryl methyl sites for hydroxylation is 2. The molecule has 1 heterocycles. The molecule has 2 N–H and O–H groups in total. The molecule has 1 aromatic carbocycles. The van der Waals surface area contributed by atoms with E-state index in [9.17, 15) is 4.39 Å². The topological polar surface area (TPSA) is 43.8 Å². The Balaban J connectivity index is 2.50. The number of nitrogens with two attached hydrogens (primary N) is 1. The van der Waals surface area contributed by atoms with E-state index in [2.05, 4.69) is 5.10 Å². The highest BCUT2D eigenvalue weighted by molar-refractivity contribution is 5.24. The predicted octanol–water partition coefficient (Wildman–Crippen LogP) is 2.97. The highest BCUT2D eigenvalue weighted by atomic mass is 19.1. The first-order chi connectivity index (χ1) is 9.02. The second kappa shape index (κ2) is 5.53. The normalized spacial score (nSPS) is 14.4. The molecular weight excluding hydrogens is 241 g/mol. The van der Waals surface area contributed by atoms with Crippen molar-refractivity contribution in [1.82, 2.24) is 9.78 Å². The van der Waals surface area contributed by atoms with Gasteiger partial charge in [-0.1, -0.05) is 19.1 Å². The van der Waals surface area contributed by atoms with Gasteiger partial charge in [0.1, 0.15) is 5.82 Å². The Hall–Kier alpha value is -1.68. The van der Waals surface area contributed by atoms with Gasteiger partial charge in [0.05, 0.1) is 11.7 Å². The average Bonchev–Trinajstić information content (AvgIpc) is 2.69. The Morgan fingerprint density at radius 2 is 2.05 bits per heavy atom. The number of nitrogens with zero attached hydrogens (tertiary/aromatic N) is 2. The molecule has 102 valence electrons. The molecule has 0 aliphatic carbocycles. The van der Waals surface area contributed by atoms with E-state index in [1.807, 2.05) is 37.6 Å². The standard InChI is InChI=1S/C15H20FN3/c1-4-14(17)15(12-6-5-7-13(16)9-12)19-11(3)8-10(2)18-19/h5-9,14-15H,4,17H2,1-3H3. The van der Waals surface area contributed by atoms with E-state index < -0.39 is 0 Å². The third kappa shape index (κ3) is 2.84. The number of hydrogen-bond acceptors (Lipinski definition) is 2. The van der Waals surface area contributed by atoms with Crippen LogP contribution in [0.2, 0.25) is 0 Å². The minimum Gasteiger partial charge on any atom is -0.326 e. The van der Waals surface area contributed by atoms with Gasteiger partial charge in [0.2, 0.25) is 0 Å². The molecular formula is C15H20FN3. The highest BCUT2D eigenvalue weighted by Gasteiger charge is 2.23. The summed E-state index contributed by atoms with van der Waals surface area (Å²) in [7, 11) is 0. The molecule has 0 fully saturated rings. The molecule has 0 aliphatic heterocycles. The molecule has 0 aliphatic rings. The van der Waals surface area contributed by atoms with Crippen LogP contribution in [-0.4, -0.2) is 15.8 Å². The monoisotopic (exact) mass is 261 g/mol. The van der Waals surface area contributed by atoms with Gasteiger partial charge in [-0.05, 0) is 44.0 Å². The largest absolute Gasteiger partial charge is 0.326 e. The predicted molar refractivity (Wildman–Crippen MR) is 74.5 cm³/mol. The zero-order valence-corrected chi connectivity index (χ0v) is 11.6. The lowest BCUT2D eigenvalue weighted by Gasteiger charge is -2.25. The van der Waals surface area contributed by atoms with E-state index in [0.29, 0.717) is 0 Å². The van der Waals surface area contributed by atoms with Crippen LogP contribution in [0, 0.1) is 19.7 Å². The van der Waals surface area contributed by atoms with Crippen molar-refractivity contribution >= 4 is 0 Å². The van der Waals surface area contributed by atoms with Crippen LogP contribution >= 0.6 is 0 Å². The number of aromatic nitrogens is 2. The molecule has 4 heteroatoms. The molecule has 0 saturated heterocycles. The van der Waals surface area contributed by atoms with E-state index in [-0.39, 0.29) is 17.9 Å². The van der Waals surface area contributed by atoms with Crippen molar-refractivity contribution in [2.45, 2.75) is 39.3 Å². The van der Waals surface area contributed by atoms with Crippen molar-refractivity contribution in [3.8, 4) is 0 Å². The number of benzene rings is 1. The van der Waals surface area contributed by atoms with Gasteiger partial charge in [0.15, 0.2) is 0 Å². The van der Waals surface area contributed by atoms with Crippen LogP contribution in [0.3, 0.4) is 0 Å². The van der Waals surface area contributed by atoms with Crippen LogP contribution in [0.1, 0.15) is 36.3 Å². The summed E-state index contributed by atoms with van der Waals surface area (Å²) in [5.74, 6) is -0.243. The van der Waals surface area contributed by atoms with E-state index in [4.69, 9.17) is 5.73 Å². The molecule has 3 nitrogen and oxygen atoms in total. The number of hydrogen-bond donors (Lipinski definition) is 1. The van der Waals surface area contributed by atoms with Crippen molar-refractivity contribution in [3.63, 3.8) is 0 Å². The van der Waals surface area contributed by atoms with Crippen molar-refractivity contribution in [1.29, 1.82) is 0 Å². The Morgan fingerprint density at radius 3 is 2.58 bits per heavy atom. The van der Waals surface area contributed by atoms with Gasteiger partial charge in [-0.2, -0.15) is 5.10 Å². The Kier molecular flexibility index (Phi) is 4.00. The lowest BCUT2D eigenvalue weighted by molar-refractivity contribution is 0.414. The lowest BCUT2D eigenvalue weighted by atomic mass is 9.98. The van der Waals surface area contributed by atoms with Gasteiger partial charge < -0.3 is 5.73 Å². The third-order valence-corrected chi connectivity index (χ3v) is 3.38. The van der Waals surface area contributed by atoms with Crippen LogP contribution in [-0.2, 0) is 0 Å².